The van der Waals surface area contributed by atoms with E-state index in [2.05, 4.69) is 20.4 Å². The first-order valence-corrected chi connectivity index (χ1v) is 7.40. The molecular formula is C13H14N6OS. The van der Waals surface area contributed by atoms with Crippen LogP contribution >= 0.6 is 11.8 Å². The third-order valence-electron chi connectivity index (χ3n) is 2.87. The number of nitrogen functional groups attached to an aromatic ring is 1. The van der Waals surface area contributed by atoms with Gasteiger partial charge in [0.15, 0.2) is 0 Å². The Morgan fingerprint density at radius 1 is 1.14 bits per heavy atom. The number of hydrogen-bond acceptors (Lipinski definition) is 7. The largest absolute Gasteiger partial charge is 0.421 e. The second kappa shape index (κ2) is 5.96. The van der Waals surface area contributed by atoms with Crippen molar-refractivity contribution in [2.24, 2.45) is 0 Å². The van der Waals surface area contributed by atoms with Crippen molar-refractivity contribution in [3.8, 4) is 11.5 Å². The SMILES string of the molecule is Cc1nnc(SCCc2nnc(-c3ccccc3)o2)n1N. The molecule has 3 aromatic rings. The number of hydrogen-bond donors (Lipinski definition) is 1. The molecule has 0 saturated heterocycles. The zero-order chi connectivity index (χ0) is 14.7. The van der Waals surface area contributed by atoms with E-state index in [-0.39, 0.29) is 0 Å². The van der Waals surface area contributed by atoms with Gasteiger partial charge in [-0.25, -0.2) is 4.68 Å². The van der Waals surface area contributed by atoms with E-state index in [4.69, 9.17) is 10.3 Å². The van der Waals surface area contributed by atoms with E-state index in [0.717, 1.165) is 11.3 Å². The second-order valence-electron chi connectivity index (χ2n) is 4.37. The molecule has 2 heterocycles. The summed E-state index contributed by atoms with van der Waals surface area (Å²) in [6.45, 7) is 1.81. The van der Waals surface area contributed by atoms with Crippen LogP contribution in [0.2, 0.25) is 0 Å². The van der Waals surface area contributed by atoms with Crippen molar-refractivity contribution >= 4 is 11.8 Å². The van der Waals surface area contributed by atoms with E-state index < -0.39 is 0 Å². The molecule has 108 valence electrons. The summed E-state index contributed by atoms with van der Waals surface area (Å²) in [6, 6.07) is 9.69. The van der Waals surface area contributed by atoms with Crippen molar-refractivity contribution in [1.29, 1.82) is 0 Å². The van der Waals surface area contributed by atoms with Crippen LogP contribution in [0.1, 0.15) is 11.7 Å². The quantitative estimate of drug-likeness (QED) is 0.566. The van der Waals surface area contributed by atoms with Gasteiger partial charge < -0.3 is 10.3 Å². The van der Waals surface area contributed by atoms with Crippen LogP contribution < -0.4 is 5.84 Å². The average Bonchev–Trinajstić information content (AvgIpc) is 3.10. The maximum absolute atomic E-state index is 5.78. The van der Waals surface area contributed by atoms with Crippen LogP contribution in [0.5, 0.6) is 0 Å². The first kappa shape index (κ1) is 13.6. The number of aromatic nitrogens is 5. The molecule has 0 amide bonds. The van der Waals surface area contributed by atoms with Gasteiger partial charge in [-0.1, -0.05) is 30.0 Å². The molecular weight excluding hydrogens is 288 g/mol. The van der Waals surface area contributed by atoms with Gasteiger partial charge in [-0.05, 0) is 19.1 Å². The molecule has 0 bridgehead atoms. The van der Waals surface area contributed by atoms with Crippen molar-refractivity contribution in [3.05, 3.63) is 42.0 Å². The highest BCUT2D eigenvalue weighted by Crippen LogP contribution is 2.19. The van der Waals surface area contributed by atoms with Gasteiger partial charge in [-0.2, -0.15) is 0 Å². The van der Waals surface area contributed by atoms with Gasteiger partial charge in [0, 0.05) is 17.7 Å². The van der Waals surface area contributed by atoms with Crippen LogP contribution in [0.3, 0.4) is 0 Å². The van der Waals surface area contributed by atoms with Crippen molar-refractivity contribution in [3.63, 3.8) is 0 Å². The van der Waals surface area contributed by atoms with Gasteiger partial charge >= 0.3 is 0 Å². The Bertz CT molecular complexity index is 723. The van der Waals surface area contributed by atoms with Crippen molar-refractivity contribution in [2.75, 3.05) is 11.6 Å². The number of nitrogens with zero attached hydrogens (tertiary/aromatic N) is 5. The van der Waals surface area contributed by atoms with Crippen molar-refractivity contribution in [1.82, 2.24) is 25.1 Å². The molecule has 2 N–H and O–H groups in total. The fourth-order valence-electron chi connectivity index (χ4n) is 1.73. The third kappa shape index (κ3) is 3.05. The lowest BCUT2D eigenvalue weighted by molar-refractivity contribution is 0.514. The summed E-state index contributed by atoms with van der Waals surface area (Å²) in [4.78, 5) is 0. The lowest BCUT2D eigenvalue weighted by Crippen LogP contribution is -2.11. The zero-order valence-electron chi connectivity index (χ0n) is 11.4. The monoisotopic (exact) mass is 302 g/mol. The van der Waals surface area contributed by atoms with E-state index in [1.165, 1.54) is 16.4 Å². The number of benzene rings is 1. The summed E-state index contributed by atoms with van der Waals surface area (Å²) >= 11 is 1.50. The third-order valence-corrected chi connectivity index (χ3v) is 3.81. The van der Waals surface area contributed by atoms with E-state index in [0.29, 0.717) is 29.2 Å². The molecule has 3 rings (SSSR count). The number of rotatable bonds is 5. The first-order chi connectivity index (χ1) is 10.2. The zero-order valence-corrected chi connectivity index (χ0v) is 12.2. The molecule has 0 aliphatic heterocycles. The lowest BCUT2D eigenvalue weighted by Gasteiger charge is -1.99. The summed E-state index contributed by atoms with van der Waals surface area (Å²) in [5, 5.41) is 16.7. The van der Waals surface area contributed by atoms with Crippen LogP contribution in [0.4, 0.5) is 0 Å². The maximum atomic E-state index is 5.78. The Balaban J connectivity index is 1.59. The highest BCUT2D eigenvalue weighted by atomic mass is 32.2. The lowest BCUT2D eigenvalue weighted by atomic mass is 10.2. The molecule has 0 spiro atoms. The Labute approximate surface area is 125 Å². The molecule has 0 fully saturated rings. The number of aryl methyl sites for hydroxylation is 2. The van der Waals surface area contributed by atoms with Crippen molar-refractivity contribution in [2.45, 2.75) is 18.5 Å². The highest BCUT2D eigenvalue weighted by Gasteiger charge is 2.10. The summed E-state index contributed by atoms with van der Waals surface area (Å²) in [5.41, 5.74) is 0.918. The Morgan fingerprint density at radius 2 is 1.95 bits per heavy atom. The van der Waals surface area contributed by atoms with Gasteiger partial charge in [0.2, 0.25) is 16.9 Å². The fraction of sp³-hybridized carbons (Fsp3) is 0.231. The van der Waals surface area contributed by atoms with Crippen LogP contribution in [-0.4, -0.2) is 30.8 Å². The Kier molecular flexibility index (Phi) is 3.87. The molecule has 0 unspecified atom stereocenters. The summed E-state index contributed by atoms with van der Waals surface area (Å²) in [7, 11) is 0. The van der Waals surface area contributed by atoms with Gasteiger partial charge in [0.25, 0.3) is 0 Å². The minimum absolute atomic E-state index is 0.536. The topological polar surface area (TPSA) is 95.6 Å². The molecule has 2 aromatic heterocycles. The van der Waals surface area contributed by atoms with E-state index in [9.17, 15) is 0 Å². The molecule has 21 heavy (non-hydrogen) atoms. The van der Waals surface area contributed by atoms with Gasteiger partial charge in [-0.3, -0.25) is 0 Å². The minimum Gasteiger partial charge on any atom is -0.421 e. The molecule has 0 radical (unpaired) electrons. The summed E-state index contributed by atoms with van der Waals surface area (Å²) < 4.78 is 7.10. The second-order valence-corrected chi connectivity index (χ2v) is 5.43. The molecule has 0 atom stereocenters. The predicted molar refractivity (Wildman–Crippen MR) is 79.1 cm³/mol. The summed E-state index contributed by atoms with van der Waals surface area (Å²) in [6.07, 6.45) is 0.649. The number of thioether (sulfide) groups is 1. The van der Waals surface area contributed by atoms with Gasteiger partial charge in [0.1, 0.15) is 5.82 Å². The smallest absolute Gasteiger partial charge is 0.247 e. The highest BCUT2D eigenvalue weighted by molar-refractivity contribution is 7.99. The van der Waals surface area contributed by atoms with Gasteiger partial charge in [0.05, 0.1) is 0 Å². The van der Waals surface area contributed by atoms with Crippen LogP contribution in [-0.2, 0) is 6.42 Å². The fourth-order valence-corrected chi connectivity index (χ4v) is 2.56. The Morgan fingerprint density at radius 3 is 2.67 bits per heavy atom. The maximum Gasteiger partial charge on any atom is 0.247 e. The molecule has 7 nitrogen and oxygen atoms in total. The predicted octanol–water partition coefficient (Wildman–Crippen LogP) is 1.69. The molecule has 1 aromatic carbocycles. The summed E-state index contributed by atoms with van der Waals surface area (Å²) in [5.74, 6) is 8.34. The van der Waals surface area contributed by atoms with Crippen LogP contribution in [0.15, 0.2) is 39.9 Å². The van der Waals surface area contributed by atoms with Crippen molar-refractivity contribution < 1.29 is 4.42 Å². The van der Waals surface area contributed by atoms with E-state index in [1.54, 1.807) is 6.92 Å². The average molecular weight is 302 g/mol. The minimum atomic E-state index is 0.536. The number of nitrogens with two attached hydrogens (primary N) is 1. The van der Waals surface area contributed by atoms with Crippen LogP contribution in [0.25, 0.3) is 11.5 Å². The standard InChI is InChI=1S/C13H14N6OS/c1-9-15-18-13(19(9)14)21-8-7-11-16-17-12(20-11)10-5-3-2-4-6-10/h2-6H,7-8,14H2,1H3. The normalized spacial score (nSPS) is 10.9. The molecule has 0 aliphatic carbocycles. The van der Waals surface area contributed by atoms with E-state index in [1.807, 2.05) is 30.3 Å². The molecule has 0 aliphatic rings. The van der Waals surface area contributed by atoms with Gasteiger partial charge in [-0.15, -0.1) is 20.4 Å². The van der Waals surface area contributed by atoms with Crippen LogP contribution in [0, 0.1) is 6.92 Å². The molecule has 0 saturated carbocycles. The molecule has 8 heteroatoms. The first-order valence-electron chi connectivity index (χ1n) is 6.42. The van der Waals surface area contributed by atoms with E-state index >= 15 is 0 Å². The Hall–Kier alpha value is -2.35.